The number of hydrogen-bond donors (Lipinski definition) is 1. The van der Waals surface area contributed by atoms with Crippen molar-refractivity contribution in [2.75, 3.05) is 5.73 Å². The second-order valence-corrected chi connectivity index (χ2v) is 4.34. The summed E-state index contributed by atoms with van der Waals surface area (Å²) in [4.78, 5) is 8.53. The number of fused-ring (bicyclic) bond motifs is 1. The van der Waals surface area contributed by atoms with Crippen LogP contribution < -0.4 is 5.73 Å². The summed E-state index contributed by atoms with van der Waals surface area (Å²) in [6.45, 7) is 0. The predicted octanol–water partition coefficient (Wildman–Crippen LogP) is 2.99. The van der Waals surface area contributed by atoms with Gasteiger partial charge < -0.3 is 5.73 Å². The largest absolute Gasteiger partial charge is 0.397 e. The second kappa shape index (κ2) is 3.86. The molecule has 0 radical (unpaired) electrons. The average Bonchev–Trinajstić information content (AvgIpc) is 2.74. The summed E-state index contributed by atoms with van der Waals surface area (Å²) in [5, 5.41) is 0.481. The van der Waals surface area contributed by atoms with Crippen molar-refractivity contribution in [2.45, 2.75) is 6.42 Å². The lowest BCUT2D eigenvalue weighted by Gasteiger charge is -1.99. The Morgan fingerprint density at radius 2 is 2.12 bits per heavy atom. The highest BCUT2D eigenvalue weighted by Crippen LogP contribution is 2.34. The zero-order chi connectivity index (χ0) is 11.8. The molecule has 1 aliphatic rings. The minimum absolute atomic E-state index is 0.481. The van der Waals surface area contributed by atoms with Crippen LogP contribution in [0.15, 0.2) is 41.5 Å². The molecule has 1 aromatic heterocycles. The van der Waals surface area contributed by atoms with E-state index in [9.17, 15) is 0 Å². The van der Waals surface area contributed by atoms with Gasteiger partial charge in [-0.25, -0.2) is 4.98 Å². The van der Waals surface area contributed by atoms with Gasteiger partial charge in [-0.15, -0.1) is 0 Å². The van der Waals surface area contributed by atoms with Crippen molar-refractivity contribution in [1.29, 1.82) is 0 Å². The molecule has 0 fully saturated rings. The van der Waals surface area contributed by atoms with E-state index in [-0.39, 0.29) is 0 Å². The van der Waals surface area contributed by atoms with Gasteiger partial charge in [0.05, 0.1) is 17.1 Å². The molecule has 2 aromatic rings. The molecule has 84 valence electrons. The topological polar surface area (TPSA) is 51.3 Å². The first-order chi connectivity index (χ1) is 8.24. The molecule has 0 saturated heterocycles. The number of aliphatic imine (C=N–C) groups is 1. The number of pyridine rings is 1. The average molecular weight is 244 g/mol. The summed E-state index contributed by atoms with van der Waals surface area (Å²) in [7, 11) is 0. The highest BCUT2D eigenvalue weighted by Gasteiger charge is 2.17. The van der Waals surface area contributed by atoms with Crippen LogP contribution in [-0.4, -0.2) is 10.7 Å². The third-order valence-electron chi connectivity index (χ3n) is 2.82. The number of para-hydroxylation sites is 1. The van der Waals surface area contributed by atoms with Crippen LogP contribution in [0, 0.1) is 0 Å². The number of nitrogen functional groups attached to an aromatic ring is 1. The van der Waals surface area contributed by atoms with Gasteiger partial charge in [0.1, 0.15) is 5.15 Å². The van der Waals surface area contributed by atoms with E-state index in [1.807, 2.05) is 30.3 Å². The number of nitrogens with two attached hydrogens (primary N) is 1. The van der Waals surface area contributed by atoms with Crippen LogP contribution in [0.3, 0.4) is 0 Å². The van der Waals surface area contributed by atoms with Crippen LogP contribution >= 0.6 is 11.6 Å². The van der Waals surface area contributed by atoms with Gasteiger partial charge in [0.25, 0.3) is 0 Å². The van der Waals surface area contributed by atoms with Crippen LogP contribution in [0.4, 0.5) is 11.4 Å². The molecule has 0 amide bonds. The lowest BCUT2D eigenvalue weighted by molar-refractivity contribution is 1.31. The van der Waals surface area contributed by atoms with Gasteiger partial charge >= 0.3 is 0 Å². The zero-order valence-corrected chi connectivity index (χ0v) is 9.78. The molecule has 2 N–H and O–H groups in total. The lowest BCUT2D eigenvalue weighted by Crippen LogP contribution is -2.00. The van der Waals surface area contributed by atoms with E-state index in [4.69, 9.17) is 17.3 Å². The summed E-state index contributed by atoms with van der Waals surface area (Å²) < 4.78 is 0. The molecule has 1 aliphatic heterocycles. The molecular formula is C13H10ClN3. The number of anilines is 1. The van der Waals surface area contributed by atoms with Gasteiger partial charge in [0, 0.05) is 18.2 Å². The molecule has 2 heterocycles. The van der Waals surface area contributed by atoms with Crippen molar-refractivity contribution in [2.24, 2.45) is 4.99 Å². The Morgan fingerprint density at radius 1 is 1.24 bits per heavy atom. The molecule has 0 unspecified atom stereocenters. The Balaban J connectivity index is 2.05. The molecule has 0 bridgehead atoms. The monoisotopic (exact) mass is 243 g/mol. The number of benzene rings is 1. The van der Waals surface area contributed by atoms with E-state index >= 15 is 0 Å². The third-order valence-corrected chi connectivity index (χ3v) is 3.02. The number of aromatic nitrogens is 1. The Hall–Kier alpha value is -1.87. The molecule has 3 nitrogen and oxygen atoms in total. The van der Waals surface area contributed by atoms with Gasteiger partial charge in [0.2, 0.25) is 0 Å². The fraction of sp³-hybridized carbons (Fsp3) is 0.0769. The van der Waals surface area contributed by atoms with Crippen molar-refractivity contribution in [1.82, 2.24) is 4.98 Å². The smallest absolute Gasteiger partial charge is 0.129 e. The van der Waals surface area contributed by atoms with Crippen molar-refractivity contribution in [3.63, 3.8) is 0 Å². The Labute approximate surface area is 104 Å². The molecule has 4 heteroatoms. The SMILES string of the molecule is Nc1cccc2c1N=C(c1ccnc(Cl)c1)C2. The Morgan fingerprint density at radius 3 is 2.88 bits per heavy atom. The van der Waals surface area contributed by atoms with Crippen LogP contribution in [0.2, 0.25) is 5.15 Å². The summed E-state index contributed by atoms with van der Waals surface area (Å²) in [6, 6.07) is 9.59. The van der Waals surface area contributed by atoms with E-state index < -0.39 is 0 Å². The minimum Gasteiger partial charge on any atom is -0.397 e. The zero-order valence-electron chi connectivity index (χ0n) is 9.02. The molecule has 0 saturated carbocycles. The van der Waals surface area contributed by atoms with E-state index in [1.165, 1.54) is 0 Å². The molecular weight excluding hydrogens is 234 g/mol. The molecule has 3 rings (SSSR count). The fourth-order valence-corrected chi connectivity index (χ4v) is 2.17. The number of rotatable bonds is 1. The molecule has 17 heavy (non-hydrogen) atoms. The quantitative estimate of drug-likeness (QED) is 0.618. The van der Waals surface area contributed by atoms with Gasteiger partial charge in [-0.3, -0.25) is 4.99 Å². The third kappa shape index (κ3) is 1.78. The van der Waals surface area contributed by atoms with Crippen LogP contribution in [0.5, 0.6) is 0 Å². The molecule has 1 aromatic carbocycles. The van der Waals surface area contributed by atoms with Crippen LogP contribution in [0.25, 0.3) is 0 Å². The first-order valence-corrected chi connectivity index (χ1v) is 5.69. The summed E-state index contributed by atoms with van der Waals surface area (Å²) in [6.07, 6.45) is 2.48. The van der Waals surface area contributed by atoms with E-state index in [2.05, 4.69) is 9.98 Å². The summed E-state index contributed by atoms with van der Waals surface area (Å²) in [5.41, 5.74) is 10.7. The number of hydrogen-bond acceptors (Lipinski definition) is 3. The maximum absolute atomic E-state index is 5.90. The standard InChI is InChI=1S/C13H10ClN3/c14-12-7-8(4-5-16-12)11-6-9-2-1-3-10(15)13(9)17-11/h1-5,7H,6,15H2. The predicted molar refractivity (Wildman–Crippen MR) is 70.0 cm³/mol. The van der Waals surface area contributed by atoms with E-state index in [0.717, 1.165) is 34.6 Å². The number of halogens is 1. The van der Waals surface area contributed by atoms with Crippen molar-refractivity contribution >= 4 is 28.7 Å². The van der Waals surface area contributed by atoms with Crippen molar-refractivity contribution in [3.8, 4) is 0 Å². The van der Waals surface area contributed by atoms with Gasteiger partial charge in [-0.1, -0.05) is 23.7 Å². The minimum atomic E-state index is 0.481. The number of nitrogens with zero attached hydrogens (tertiary/aromatic N) is 2. The van der Waals surface area contributed by atoms with E-state index in [1.54, 1.807) is 6.20 Å². The van der Waals surface area contributed by atoms with Crippen molar-refractivity contribution in [3.05, 3.63) is 52.8 Å². The molecule has 0 atom stereocenters. The first kappa shape index (κ1) is 10.3. The maximum Gasteiger partial charge on any atom is 0.129 e. The second-order valence-electron chi connectivity index (χ2n) is 3.96. The maximum atomic E-state index is 5.90. The van der Waals surface area contributed by atoms with Crippen LogP contribution in [-0.2, 0) is 6.42 Å². The summed E-state index contributed by atoms with van der Waals surface area (Å²) in [5.74, 6) is 0. The molecule has 0 spiro atoms. The van der Waals surface area contributed by atoms with Gasteiger partial charge in [0.15, 0.2) is 0 Å². The fourth-order valence-electron chi connectivity index (χ4n) is 1.99. The Kier molecular flexibility index (Phi) is 2.34. The van der Waals surface area contributed by atoms with Crippen molar-refractivity contribution < 1.29 is 0 Å². The van der Waals surface area contributed by atoms with Gasteiger partial charge in [-0.2, -0.15) is 0 Å². The lowest BCUT2D eigenvalue weighted by atomic mass is 10.1. The Bertz CT molecular complexity index is 620. The van der Waals surface area contributed by atoms with Crippen LogP contribution in [0.1, 0.15) is 11.1 Å². The molecule has 0 aliphatic carbocycles. The first-order valence-electron chi connectivity index (χ1n) is 5.31. The van der Waals surface area contributed by atoms with Gasteiger partial charge in [-0.05, 0) is 23.8 Å². The normalized spacial score (nSPS) is 13.4. The summed E-state index contributed by atoms with van der Waals surface area (Å²) >= 11 is 5.88. The highest BCUT2D eigenvalue weighted by atomic mass is 35.5. The van der Waals surface area contributed by atoms with E-state index in [0.29, 0.717) is 5.15 Å². The highest BCUT2D eigenvalue weighted by molar-refractivity contribution is 6.29.